The zero-order chi connectivity index (χ0) is 19.1. The van der Waals surface area contributed by atoms with E-state index in [4.69, 9.17) is 0 Å². The molecule has 3 rings (SSSR count). The van der Waals surface area contributed by atoms with Crippen molar-refractivity contribution in [2.75, 3.05) is 11.9 Å². The first kappa shape index (κ1) is 18.6. The molecule has 1 amide bonds. The summed E-state index contributed by atoms with van der Waals surface area (Å²) in [5.74, 6) is 0.239. The first-order chi connectivity index (χ1) is 13.1. The number of hydrogen-bond donors (Lipinski definition) is 2. The van der Waals surface area contributed by atoms with Gasteiger partial charge in [-0.25, -0.2) is 9.37 Å². The van der Waals surface area contributed by atoms with Crippen LogP contribution in [0.3, 0.4) is 0 Å². The lowest BCUT2D eigenvalue weighted by molar-refractivity contribution is 0.0953. The van der Waals surface area contributed by atoms with Crippen molar-refractivity contribution in [2.45, 2.75) is 19.9 Å². The monoisotopic (exact) mass is 363 g/mol. The molecule has 0 saturated carbocycles. The molecule has 2 aromatic carbocycles. The van der Waals surface area contributed by atoms with E-state index in [1.54, 1.807) is 36.5 Å². The number of anilines is 1. The number of aryl methyl sites for hydroxylation is 1. The third-order valence-electron chi connectivity index (χ3n) is 4.38. The third kappa shape index (κ3) is 5.14. The van der Waals surface area contributed by atoms with Gasteiger partial charge in [0.05, 0.1) is 5.56 Å². The van der Waals surface area contributed by atoms with Crippen molar-refractivity contribution in [1.29, 1.82) is 0 Å². The van der Waals surface area contributed by atoms with E-state index in [0.29, 0.717) is 36.5 Å². The number of nitrogens with zero attached hydrogens (tertiary/aromatic N) is 1. The highest BCUT2D eigenvalue weighted by molar-refractivity contribution is 5.94. The Labute approximate surface area is 158 Å². The molecule has 0 aliphatic rings. The van der Waals surface area contributed by atoms with Crippen LogP contribution in [0.5, 0.6) is 0 Å². The van der Waals surface area contributed by atoms with Crippen molar-refractivity contribution < 1.29 is 9.18 Å². The number of benzene rings is 2. The van der Waals surface area contributed by atoms with Gasteiger partial charge in [-0.3, -0.25) is 4.79 Å². The van der Waals surface area contributed by atoms with Gasteiger partial charge in [0.2, 0.25) is 0 Å². The van der Waals surface area contributed by atoms with Gasteiger partial charge in [0.15, 0.2) is 0 Å². The van der Waals surface area contributed by atoms with Gasteiger partial charge in [-0.2, -0.15) is 0 Å². The van der Waals surface area contributed by atoms with Crippen LogP contribution < -0.4 is 10.6 Å². The molecular formula is C22H22FN3O. The maximum atomic E-state index is 13.6. The van der Waals surface area contributed by atoms with Crippen LogP contribution in [0.4, 0.5) is 10.2 Å². The summed E-state index contributed by atoms with van der Waals surface area (Å²) in [5.41, 5.74) is 3.49. The molecule has 0 aliphatic carbocycles. The first-order valence-corrected chi connectivity index (χ1v) is 8.89. The fraction of sp³-hybridized carbons (Fsp3) is 0.182. The topological polar surface area (TPSA) is 54.0 Å². The summed E-state index contributed by atoms with van der Waals surface area (Å²) >= 11 is 0. The number of nitrogens with one attached hydrogen (secondary N) is 2. The van der Waals surface area contributed by atoms with Gasteiger partial charge in [-0.1, -0.05) is 42.5 Å². The van der Waals surface area contributed by atoms with Crippen molar-refractivity contribution in [3.8, 4) is 0 Å². The maximum Gasteiger partial charge on any atom is 0.252 e. The SMILES string of the molecule is Cc1ccccc1CNc1ccc(C(=O)NCCc2ccccc2F)cn1. The summed E-state index contributed by atoms with van der Waals surface area (Å²) in [6.45, 7) is 3.11. The average Bonchev–Trinajstić information content (AvgIpc) is 2.69. The minimum absolute atomic E-state index is 0.218. The Morgan fingerprint density at radius 2 is 1.74 bits per heavy atom. The van der Waals surface area contributed by atoms with Crippen LogP contribution >= 0.6 is 0 Å². The predicted octanol–water partition coefficient (Wildman–Crippen LogP) is 4.11. The van der Waals surface area contributed by atoms with Crippen molar-refractivity contribution in [1.82, 2.24) is 10.3 Å². The second-order valence-electron chi connectivity index (χ2n) is 6.31. The van der Waals surface area contributed by atoms with E-state index < -0.39 is 0 Å². The van der Waals surface area contributed by atoms with Crippen LogP contribution in [0.1, 0.15) is 27.0 Å². The lowest BCUT2D eigenvalue weighted by Crippen LogP contribution is -2.26. The molecule has 0 fully saturated rings. The number of halogens is 1. The number of hydrogen-bond acceptors (Lipinski definition) is 3. The van der Waals surface area contributed by atoms with Gasteiger partial charge in [-0.05, 0) is 48.2 Å². The van der Waals surface area contributed by atoms with Gasteiger partial charge < -0.3 is 10.6 Å². The van der Waals surface area contributed by atoms with E-state index in [-0.39, 0.29) is 11.7 Å². The van der Waals surface area contributed by atoms with Crippen molar-refractivity contribution >= 4 is 11.7 Å². The summed E-state index contributed by atoms with van der Waals surface area (Å²) in [4.78, 5) is 16.5. The molecule has 27 heavy (non-hydrogen) atoms. The number of amides is 1. The van der Waals surface area contributed by atoms with E-state index >= 15 is 0 Å². The number of carbonyl (C=O) groups excluding carboxylic acids is 1. The molecule has 3 aromatic rings. The molecule has 5 heteroatoms. The number of aromatic nitrogens is 1. The Balaban J connectivity index is 1.50. The standard InChI is InChI=1S/C22H22FN3O/c1-16-6-2-3-8-18(16)14-25-21-11-10-19(15-26-21)22(27)24-13-12-17-7-4-5-9-20(17)23/h2-11,15H,12-14H2,1H3,(H,24,27)(H,25,26). The highest BCUT2D eigenvalue weighted by Crippen LogP contribution is 2.11. The second-order valence-corrected chi connectivity index (χ2v) is 6.31. The number of pyridine rings is 1. The molecule has 0 unspecified atom stereocenters. The van der Waals surface area contributed by atoms with E-state index in [9.17, 15) is 9.18 Å². The predicted molar refractivity (Wildman–Crippen MR) is 105 cm³/mol. The fourth-order valence-corrected chi connectivity index (χ4v) is 2.74. The molecule has 4 nitrogen and oxygen atoms in total. The van der Waals surface area contributed by atoms with Crippen LogP contribution in [-0.4, -0.2) is 17.4 Å². The summed E-state index contributed by atoms with van der Waals surface area (Å²) in [6.07, 6.45) is 1.99. The number of rotatable bonds is 7. The van der Waals surface area contributed by atoms with Gasteiger partial charge >= 0.3 is 0 Å². The molecule has 0 saturated heterocycles. The fourth-order valence-electron chi connectivity index (χ4n) is 2.74. The number of carbonyl (C=O) groups is 1. The zero-order valence-corrected chi connectivity index (χ0v) is 15.2. The lowest BCUT2D eigenvalue weighted by Gasteiger charge is -2.09. The normalized spacial score (nSPS) is 10.4. The Hall–Kier alpha value is -3.21. The van der Waals surface area contributed by atoms with Crippen LogP contribution in [0.15, 0.2) is 66.9 Å². The zero-order valence-electron chi connectivity index (χ0n) is 15.2. The Morgan fingerprint density at radius 3 is 2.44 bits per heavy atom. The smallest absolute Gasteiger partial charge is 0.252 e. The third-order valence-corrected chi connectivity index (χ3v) is 4.38. The highest BCUT2D eigenvalue weighted by Gasteiger charge is 2.07. The van der Waals surface area contributed by atoms with E-state index in [1.165, 1.54) is 17.2 Å². The molecule has 0 bridgehead atoms. The van der Waals surface area contributed by atoms with E-state index in [1.807, 2.05) is 12.1 Å². The highest BCUT2D eigenvalue weighted by atomic mass is 19.1. The quantitative estimate of drug-likeness (QED) is 0.664. The van der Waals surface area contributed by atoms with Crippen molar-refractivity contribution in [3.05, 3.63) is 94.9 Å². The lowest BCUT2D eigenvalue weighted by atomic mass is 10.1. The molecule has 1 aromatic heterocycles. The summed E-state index contributed by atoms with van der Waals surface area (Å²) in [7, 11) is 0. The molecule has 0 atom stereocenters. The van der Waals surface area contributed by atoms with Crippen LogP contribution in [0.2, 0.25) is 0 Å². The van der Waals surface area contributed by atoms with Crippen LogP contribution in [0, 0.1) is 12.7 Å². The summed E-state index contributed by atoms with van der Waals surface area (Å²) < 4.78 is 13.6. The Bertz CT molecular complexity index is 909. The molecule has 138 valence electrons. The van der Waals surface area contributed by atoms with Gasteiger partial charge in [-0.15, -0.1) is 0 Å². The Morgan fingerprint density at radius 1 is 1.00 bits per heavy atom. The van der Waals surface area contributed by atoms with Gasteiger partial charge in [0, 0.05) is 19.3 Å². The summed E-state index contributed by atoms with van der Waals surface area (Å²) in [6, 6.07) is 18.2. The largest absolute Gasteiger partial charge is 0.366 e. The Kier molecular flexibility index (Phi) is 6.15. The minimum atomic E-state index is -0.252. The molecule has 2 N–H and O–H groups in total. The minimum Gasteiger partial charge on any atom is -0.366 e. The average molecular weight is 363 g/mol. The summed E-state index contributed by atoms with van der Waals surface area (Å²) in [5, 5.41) is 6.05. The van der Waals surface area contributed by atoms with Crippen molar-refractivity contribution in [3.63, 3.8) is 0 Å². The van der Waals surface area contributed by atoms with Crippen molar-refractivity contribution in [2.24, 2.45) is 0 Å². The molecule has 0 spiro atoms. The van der Waals surface area contributed by atoms with Crippen LogP contribution in [0.25, 0.3) is 0 Å². The van der Waals surface area contributed by atoms with E-state index in [2.05, 4.69) is 34.7 Å². The molecule has 0 aliphatic heterocycles. The van der Waals surface area contributed by atoms with Gasteiger partial charge in [0.1, 0.15) is 11.6 Å². The van der Waals surface area contributed by atoms with E-state index in [0.717, 1.165) is 0 Å². The van der Waals surface area contributed by atoms with Gasteiger partial charge in [0.25, 0.3) is 5.91 Å². The van der Waals surface area contributed by atoms with Crippen LogP contribution in [-0.2, 0) is 13.0 Å². The molecule has 1 heterocycles. The second kappa shape index (κ2) is 8.94. The first-order valence-electron chi connectivity index (χ1n) is 8.89. The molecule has 0 radical (unpaired) electrons. The maximum absolute atomic E-state index is 13.6. The molecular weight excluding hydrogens is 341 g/mol.